The van der Waals surface area contributed by atoms with Crippen LogP contribution in [-0.4, -0.2) is 26.4 Å². The van der Waals surface area contributed by atoms with Crippen LogP contribution in [0.3, 0.4) is 0 Å². The van der Waals surface area contributed by atoms with Crippen molar-refractivity contribution in [3.05, 3.63) is 88.7 Å². The lowest BCUT2D eigenvalue weighted by Crippen LogP contribution is -2.11. The fraction of sp³-hybridized carbons (Fsp3) is 0.125. The summed E-state index contributed by atoms with van der Waals surface area (Å²) in [5, 5.41) is 13.1. The molecular weight excluding hydrogens is 482 g/mol. The fourth-order valence-electron chi connectivity index (χ4n) is 3.15. The molecule has 1 aromatic heterocycles. The highest BCUT2D eigenvalue weighted by atomic mass is 35.5. The van der Waals surface area contributed by atoms with Gasteiger partial charge in [-0.15, -0.1) is 10.2 Å². The van der Waals surface area contributed by atoms with Crippen LogP contribution in [-0.2, 0) is 4.79 Å². The van der Waals surface area contributed by atoms with Crippen molar-refractivity contribution in [1.82, 2.24) is 14.8 Å². The molecule has 3 aromatic carbocycles. The first-order valence-electron chi connectivity index (χ1n) is 10.2. The van der Waals surface area contributed by atoms with Gasteiger partial charge in [-0.25, -0.2) is 4.39 Å². The molecule has 0 unspecified atom stereocenters. The van der Waals surface area contributed by atoms with Gasteiger partial charge in [0.05, 0.1) is 15.7 Å². The number of halogens is 3. The number of anilines is 1. The molecule has 0 aliphatic rings. The molecule has 0 aliphatic carbocycles. The number of benzene rings is 3. The van der Waals surface area contributed by atoms with Gasteiger partial charge in [-0.1, -0.05) is 65.3 Å². The molecule has 0 atom stereocenters. The van der Waals surface area contributed by atoms with Crippen LogP contribution in [0.15, 0.2) is 78.0 Å². The molecule has 4 rings (SSSR count). The van der Waals surface area contributed by atoms with Gasteiger partial charge in [0, 0.05) is 23.4 Å². The molecule has 0 saturated heterocycles. The van der Waals surface area contributed by atoms with E-state index in [2.05, 4.69) is 15.5 Å². The second-order valence-corrected chi connectivity index (χ2v) is 8.99. The van der Waals surface area contributed by atoms with Gasteiger partial charge in [0.2, 0.25) is 5.91 Å². The Kier molecular flexibility index (Phi) is 7.65. The first-order chi connectivity index (χ1) is 16.0. The third kappa shape index (κ3) is 5.93. The molecule has 0 fully saturated rings. The largest absolute Gasteiger partial charge is 0.326 e. The van der Waals surface area contributed by atoms with E-state index in [-0.39, 0.29) is 11.7 Å². The number of carbonyl (C=O) groups excluding carboxylic acids is 1. The predicted molar refractivity (Wildman–Crippen MR) is 132 cm³/mol. The van der Waals surface area contributed by atoms with Gasteiger partial charge in [-0.05, 0) is 48.9 Å². The van der Waals surface area contributed by atoms with E-state index in [1.54, 1.807) is 12.1 Å². The SMILES string of the molecule is O=C(CCCSc1nnc(-c2ccccc2)n1-c1ccc(Cl)c(Cl)c1)Nc1ccc(F)cc1. The number of hydrogen-bond donors (Lipinski definition) is 1. The first-order valence-corrected chi connectivity index (χ1v) is 11.9. The lowest BCUT2D eigenvalue weighted by Gasteiger charge is -2.11. The predicted octanol–water partition coefficient (Wildman–Crippen LogP) is 6.89. The Morgan fingerprint density at radius 3 is 2.45 bits per heavy atom. The Balaban J connectivity index is 1.46. The lowest BCUT2D eigenvalue weighted by atomic mass is 10.2. The van der Waals surface area contributed by atoms with Crippen molar-refractivity contribution in [3.63, 3.8) is 0 Å². The van der Waals surface area contributed by atoms with Gasteiger partial charge in [-0.2, -0.15) is 0 Å². The molecular formula is C24H19Cl2FN4OS. The Morgan fingerprint density at radius 2 is 1.73 bits per heavy atom. The zero-order valence-corrected chi connectivity index (χ0v) is 19.7. The summed E-state index contributed by atoms with van der Waals surface area (Å²) in [6.45, 7) is 0. The number of aromatic nitrogens is 3. The maximum absolute atomic E-state index is 13.0. The van der Waals surface area contributed by atoms with E-state index in [1.165, 1.54) is 36.0 Å². The second kappa shape index (κ2) is 10.8. The standard InChI is InChI=1S/C24H19Cl2FN4OS/c25-20-13-12-19(15-21(20)26)31-23(16-5-2-1-3-6-16)29-30-24(31)33-14-4-7-22(32)28-18-10-8-17(27)9-11-18/h1-3,5-6,8-13,15H,4,7,14H2,(H,28,32). The van der Waals surface area contributed by atoms with Crippen molar-refractivity contribution in [3.8, 4) is 17.1 Å². The summed E-state index contributed by atoms with van der Waals surface area (Å²) in [6, 6.07) is 20.8. The van der Waals surface area contributed by atoms with E-state index in [0.717, 1.165) is 11.3 Å². The van der Waals surface area contributed by atoms with E-state index >= 15 is 0 Å². The van der Waals surface area contributed by atoms with E-state index in [0.29, 0.717) is 45.3 Å². The first kappa shape index (κ1) is 23.3. The van der Waals surface area contributed by atoms with Gasteiger partial charge >= 0.3 is 0 Å². The second-order valence-electron chi connectivity index (χ2n) is 7.11. The third-order valence-corrected chi connectivity index (χ3v) is 6.49. The molecule has 1 amide bonds. The van der Waals surface area contributed by atoms with Crippen LogP contribution in [0.2, 0.25) is 10.0 Å². The van der Waals surface area contributed by atoms with Gasteiger partial charge in [-0.3, -0.25) is 9.36 Å². The fourth-order valence-corrected chi connectivity index (χ4v) is 4.33. The summed E-state index contributed by atoms with van der Waals surface area (Å²) in [7, 11) is 0. The normalized spacial score (nSPS) is 10.9. The maximum Gasteiger partial charge on any atom is 0.224 e. The van der Waals surface area contributed by atoms with Crippen molar-refractivity contribution in [1.29, 1.82) is 0 Å². The highest BCUT2D eigenvalue weighted by molar-refractivity contribution is 7.99. The van der Waals surface area contributed by atoms with Crippen LogP contribution in [0.25, 0.3) is 17.1 Å². The molecule has 0 saturated carbocycles. The molecule has 9 heteroatoms. The van der Waals surface area contributed by atoms with E-state index < -0.39 is 0 Å². The molecule has 0 bridgehead atoms. The highest BCUT2D eigenvalue weighted by Crippen LogP contribution is 2.31. The number of amides is 1. The van der Waals surface area contributed by atoms with Crippen molar-refractivity contribution in [2.75, 3.05) is 11.1 Å². The quantitative estimate of drug-likeness (QED) is 0.211. The van der Waals surface area contributed by atoms with E-state index in [1.807, 2.05) is 41.0 Å². The minimum Gasteiger partial charge on any atom is -0.326 e. The van der Waals surface area contributed by atoms with Gasteiger partial charge in [0.25, 0.3) is 0 Å². The van der Waals surface area contributed by atoms with Crippen LogP contribution in [0.5, 0.6) is 0 Å². The molecule has 1 N–H and O–H groups in total. The Bertz CT molecular complexity index is 1250. The van der Waals surface area contributed by atoms with Gasteiger partial charge in [0.15, 0.2) is 11.0 Å². The summed E-state index contributed by atoms with van der Waals surface area (Å²) < 4.78 is 14.9. The summed E-state index contributed by atoms with van der Waals surface area (Å²) in [4.78, 5) is 12.2. The average Bonchev–Trinajstić information content (AvgIpc) is 3.24. The molecule has 33 heavy (non-hydrogen) atoms. The Morgan fingerprint density at radius 1 is 0.970 bits per heavy atom. The maximum atomic E-state index is 13.0. The monoisotopic (exact) mass is 500 g/mol. The van der Waals surface area contributed by atoms with Crippen molar-refractivity contribution in [2.45, 2.75) is 18.0 Å². The molecule has 5 nitrogen and oxygen atoms in total. The van der Waals surface area contributed by atoms with Crippen LogP contribution in [0, 0.1) is 5.82 Å². The van der Waals surface area contributed by atoms with Gasteiger partial charge in [0.1, 0.15) is 5.82 Å². The number of nitrogens with zero attached hydrogens (tertiary/aromatic N) is 3. The zero-order chi connectivity index (χ0) is 23.2. The Hall–Kier alpha value is -2.87. The molecule has 4 aromatic rings. The number of carbonyl (C=O) groups is 1. The van der Waals surface area contributed by atoms with E-state index in [4.69, 9.17) is 23.2 Å². The Labute approximate surface area is 204 Å². The van der Waals surface area contributed by atoms with Crippen molar-refractivity contribution >= 4 is 46.6 Å². The number of rotatable bonds is 8. The van der Waals surface area contributed by atoms with E-state index in [9.17, 15) is 9.18 Å². The molecule has 168 valence electrons. The lowest BCUT2D eigenvalue weighted by molar-refractivity contribution is -0.116. The average molecular weight is 501 g/mol. The van der Waals surface area contributed by atoms with Crippen LogP contribution in [0.4, 0.5) is 10.1 Å². The van der Waals surface area contributed by atoms with Crippen LogP contribution >= 0.6 is 35.0 Å². The number of thioether (sulfide) groups is 1. The smallest absolute Gasteiger partial charge is 0.224 e. The zero-order valence-electron chi connectivity index (χ0n) is 17.3. The topological polar surface area (TPSA) is 59.8 Å². The van der Waals surface area contributed by atoms with Gasteiger partial charge < -0.3 is 5.32 Å². The summed E-state index contributed by atoms with van der Waals surface area (Å²) in [5.41, 5.74) is 2.28. The van der Waals surface area contributed by atoms with Crippen LogP contribution < -0.4 is 5.32 Å². The summed E-state index contributed by atoms with van der Waals surface area (Å²) in [5.74, 6) is 0.875. The van der Waals surface area contributed by atoms with Crippen molar-refractivity contribution in [2.24, 2.45) is 0 Å². The third-order valence-electron chi connectivity index (χ3n) is 4.73. The number of nitrogens with one attached hydrogen (secondary N) is 1. The minimum absolute atomic E-state index is 0.127. The summed E-state index contributed by atoms with van der Waals surface area (Å²) >= 11 is 13.9. The molecule has 0 aliphatic heterocycles. The minimum atomic E-state index is -0.342. The highest BCUT2D eigenvalue weighted by Gasteiger charge is 2.17. The molecule has 0 radical (unpaired) electrons. The number of hydrogen-bond acceptors (Lipinski definition) is 4. The molecule has 1 heterocycles. The molecule has 0 spiro atoms. The summed E-state index contributed by atoms with van der Waals surface area (Å²) in [6.07, 6.45) is 0.962. The van der Waals surface area contributed by atoms with Crippen molar-refractivity contribution < 1.29 is 9.18 Å². The van der Waals surface area contributed by atoms with Crippen LogP contribution in [0.1, 0.15) is 12.8 Å².